The summed E-state index contributed by atoms with van der Waals surface area (Å²) < 4.78 is 5.21. The number of carbonyl (C=O) groups is 2. The highest BCUT2D eigenvalue weighted by Gasteiger charge is 2.16. The van der Waals surface area contributed by atoms with Gasteiger partial charge in [0.25, 0.3) is 11.8 Å². The van der Waals surface area contributed by atoms with E-state index in [2.05, 4.69) is 20.8 Å². The molecule has 27 heavy (non-hydrogen) atoms. The van der Waals surface area contributed by atoms with Gasteiger partial charge in [-0.05, 0) is 30.3 Å². The molecule has 0 aliphatic carbocycles. The Balaban J connectivity index is 1.55. The molecule has 134 valence electrons. The van der Waals surface area contributed by atoms with E-state index in [9.17, 15) is 9.59 Å². The van der Waals surface area contributed by atoms with Gasteiger partial charge in [-0.2, -0.15) is 5.10 Å². The van der Waals surface area contributed by atoms with Crippen LogP contribution in [0.2, 0.25) is 0 Å². The first-order valence-corrected chi connectivity index (χ1v) is 8.35. The maximum Gasteiger partial charge on any atom is 0.257 e. The summed E-state index contributed by atoms with van der Waals surface area (Å²) >= 11 is 0. The number of benzene rings is 2. The van der Waals surface area contributed by atoms with Gasteiger partial charge < -0.3 is 15.1 Å². The fraction of sp³-hybridized carbons (Fsp3) is 0.0500. The first kappa shape index (κ1) is 16.6. The van der Waals surface area contributed by atoms with E-state index >= 15 is 0 Å². The molecule has 0 aliphatic rings. The van der Waals surface area contributed by atoms with E-state index in [4.69, 9.17) is 4.42 Å². The van der Waals surface area contributed by atoms with Gasteiger partial charge in [-0.15, -0.1) is 0 Å². The third kappa shape index (κ3) is 3.43. The number of para-hydroxylation sites is 2. The molecular formula is C20H16N4O3. The molecule has 0 saturated heterocycles. The van der Waals surface area contributed by atoms with Crippen LogP contribution < -0.4 is 10.6 Å². The maximum absolute atomic E-state index is 12.7. The van der Waals surface area contributed by atoms with Crippen molar-refractivity contribution < 1.29 is 14.0 Å². The number of furan rings is 1. The largest absolute Gasteiger partial charge is 0.467 e. The average Bonchev–Trinajstić information content (AvgIpc) is 3.37. The highest BCUT2D eigenvalue weighted by atomic mass is 16.3. The molecule has 4 aromatic rings. The Morgan fingerprint density at radius 2 is 1.81 bits per heavy atom. The van der Waals surface area contributed by atoms with Gasteiger partial charge in [-0.25, -0.2) is 0 Å². The Hall–Kier alpha value is -3.87. The second-order valence-electron chi connectivity index (χ2n) is 5.90. The number of aromatic amines is 1. The number of hydrogen-bond donors (Lipinski definition) is 3. The highest BCUT2D eigenvalue weighted by Crippen LogP contribution is 2.20. The van der Waals surface area contributed by atoms with Crippen molar-refractivity contribution in [1.29, 1.82) is 0 Å². The molecule has 2 heterocycles. The number of amides is 2. The van der Waals surface area contributed by atoms with E-state index in [-0.39, 0.29) is 18.4 Å². The van der Waals surface area contributed by atoms with Gasteiger partial charge in [-0.3, -0.25) is 14.7 Å². The molecule has 2 aromatic carbocycles. The van der Waals surface area contributed by atoms with Gasteiger partial charge in [0.15, 0.2) is 0 Å². The molecule has 0 atom stereocenters. The lowest BCUT2D eigenvalue weighted by Crippen LogP contribution is -2.24. The first-order chi connectivity index (χ1) is 13.2. The summed E-state index contributed by atoms with van der Waals surface area (Å²) in [5.74, 6) is 0.0222. The maximum atomic E-state index is 12.7. The standard InChI is InChI=1S/C20H16N4O3/c25-19(21-12-14-6-4-10-27-14)15-7-1-2-9-17(15)23-20(26)16-8-3-5-13-11-22-24-18(13)16/h1-11H,12H2,(H,21,25)(H,22,24)(H,23,26). The molecular weight excluding hydrogens is 344 g/mol. The molecule has 0 aliphatic heterocycles. The number of nitrogens with one attached hydrogen (secondary N) is 3. The van der Waals surface area contributed by atoms with Crippen molar-refractivity contribution in [3.8, 4) is 0 Å². The van der Waals surface area contributed by atoms with E-state index < -0.39 is 0 Å². The van der Waals surface area contributed by atoms with E-state index in [1.165, 1.54) is 0 Å². The zero-order valence-corrected chi connectivity index (χ0v) is 14.2. The van der Waals surface area contributed by atoms with E-state index in [1.54, 1.807) is 61.0 Å². The summed E-state index contributed by atoms with van der Waals surface area (Å²) in [5.41, 5.74) is 1.90. The summed E-state index contributed by atoms with van der Waals surface area (Å²) in [4.78, 5) is 25.3. The van der Waals surface area contributed by atoms with Crippen molar-refractivity contribution in [2.75, 3.05) is 5.32 Å². The van der Waals surface area contributed by atoms with Crippen LogP contribution >= 0.6 is 0 Å². The number of nitrogens with zero attached hydrogens (tertiary/aromatic N) is 1. The van der Waals surface area contributed by atoms with E-state index in [0.717, 1.165) is 5.39 Å². The Bertz CT molecular complexity index is 1100. The summed E-state index contributed by atoms with van der Waals surface area (Å²) in [5, 5.41) is 13.2. The molecule has 2 amide bonds. The molecule has 0 saturated carbocycles. The number of rotatable bonds is 5. The van der Waals surface area contributed by atoms with Gasteiger partial charge in [-0.1, -0.05) is 24.3 Å². The van der Waals surface area contributed by atoms with Crippen LogP contribution in [0.5, 0.6) is 0 Å². The summed E-state index contributed by atoms with van der Waals surface area (Å²) in [6.45, 7) is 0.265. The average molecular weight is 360 g/mol. The number of anilines is 1. The second-order valence-corrected chi connectivity index (χ2v) is 5.90. The van der Waals surface area contributed by atoms with Gasteiger partial charge in [0.05, 0.1) is 41.3 Å². The Morgan fingerprint density at radius 3 is 2.67 bits per heavy atom. The Labute approximate surface area is 154 Å². The van der Waals surface area contributed by atoms with Crippen LogP contribution in [-0.2, 0) is 6.54 Å². The first-order valence-electron chi connectivity index (χ1n) is 8.35. The predicted octanol–water partition coefficient (Wildman–Crippen LogP) is 3.34. The Morgan fingerprint density at radius 1 is 0.963 bits per heavy atom. The molecule has 0 radical (unpaired) electrons. The normalized spacial score (nSPS) is 10.7. The second kappa shape index (κ2) is 7.17. The number of fused-ring (bicyclic) bond motifs is 1. The molecule has 7 nitrogen and oxygen atoms in total. The van der Waals surface area contributed by atoms with Gasteiger partial charge >= 0.3 is 0 Å². The zero-order chi connectivity index (χ0) is 18.6. The molecule has 4 rings (SSSR count). The van der Waals surface area contributed by atoms with Crippen molar-refractivity contribution in [2.45, 2.75) is 6.54 Å². The van der Waals surface area contributed by atoms with Crippen molar-refractivity contribution in [3.63, 3.8) is 0 Å². The SMILES string of the molecule is O=C(NCc1ccco1)c1ccccc1NC(=O)c1cccc2cn[nH]c12. The lowest BCUT2D eigenvalue weighted by molar-refractivity contribution is 0.0949. The van der Waals surface area contributed by atoms with Crippen molar-refractivity contribution in [2.24, 2.45) is 0 Å². The lowest BCUT2D eigenvalue weighted by atomic mass is 10.1. The fourth-order valence-corrected chi connectivity index (χ4v) is 2.81. The van der Waals surface area contributed by atoms with Crippen LogP contribution in [-0.4, -0.2) is 22.0 Å². The minimum atomic E-state index is -0.323. The summed E-state index contributed by atoms with van der Waals surface area (Å²) in [6, 6.07) is 15.7. The lowest BCUT2D eigenvalue weighted by Gasteiger charge is -2.11. The molecule has 0 unspecified atom stereocenters. The van der Waals surface area contributed by atoms with Crippen LogP contribution in [0, 0.1) is 0 Å². The molecule has 0 fully saturated rings. The third-order valence-electron chi connectivity index (χ3n) is 4.14. The zero-order valence-electron chi connectivity index (χ0n) is 14.2. The topological polar surface area (TPSA) is 100 Å². The van der Waals surface area contributed by atoms with E-state index in [0.29, 0.717) is 28.1 Å². The number of hydrogen-bond acceptors (Lipinski definition) is 4. The number of aromatic nitrogens is 2. The van der Waals surface area contributed by atoms with Gasteiger partial charge in [0, 0.05) is 5.39 Å². The van der Waals surface area contributed by atoms with Gasteiger partial charge in [0.1, 0.15) is 5.76 Å². The predicted molar refractivity (Wildman–Crippen MR) is 100 cm³/mol. The van der Waals surface area contributed by atoms with Crippen molar-refractivity contribution in [1.82, 2.24) is 15.5 Å². The van der Waals surface area contributed by atoms with Crippen LogP contribution in [0.15, 0.2) is 71.5 Å². The van der Waals surface area contributed by atoms with Crippen LogP contribution in [0.4, 0.5) is 5.69 Å². The van der Waals surface area contributed by atoms with Crippen LogP contribution in [0.25, 0.3) is 10.9 Å². The highest BCUT2D eigenvalue weighted by molar-refractivity contribution is 6.14. The molecule has 3 N–H and O–H groups in total. The monoisotopic (exact) mass is 360 g/mol. The quantitative estimate of drug-likeness (QED) is 0.508. The summed E-state index contributed by atoms with van der Waals surface area (Å²) in [6.07, 6.45) is 3.20. The number of carbonyl (C=O) groups excluding carboxylic acids is 2. The van der Waals surface area contributed by atoms with Crippen molar-refractivity contribution >= 4 is 28.4 Å². The smallest absolute Gasteiger partial charge is 0.257 e. The van der Waals surface area contributed by atoms with E-state index in [1.807, 2.05) is 6.07 Å². The molecule has 0 bridgehead atoms. The van der Waals surface area contributed by atoms with Crippen LogP contribution in [0.1, 0.15) is 26.5 Å². The molecule has 2 aromatic heterocycles. The van der Waals surface area contributed by atoms with Gasteiger partial charge in [0.2, 0.25) is 0 Å². The van der Waals surface area contributed by atoms with Crippen LogP contribution in [0.3, 0.4) is 0 Å². The summed E-state index contributed by atoms with van der Waals surface area (Å²) in [7, 11) is 0. The Kier molecular flexibility index (Phi) is 4.40. The minimum absolute atomic E-state index is 0.265. The molecule has 0 spiro atoms. The third-order valence-corrected chi connectivity index (χ3v) is 4.14. The number of H-pyrrole nitrogens is 1. The molecule has 7 heteroatoms. The fourth-order valence-electron chi connectivity index (χ4n) is 2.81. The van der Waals surface area contributed by atoms with Crippen molar-refractivity contribution in [3.05, 3.63) is 83.9 Å². The minimum Gasteiger partial charge on any atom is -0.467 e.